The number of imide groups is 1. The molecule has 0 aliphatic carbocycles. The van der Waals surface area contributed by atoms with Gasteiger partial charge in [0.15, 0.2) is 0 Å². The smallest absolute Gasteiger partial charge is 0.255 e. The first-order valence-corrected chi connectivity index (χ1v) is 12.9. The molecule has 3 aromatic rings. The van der Waals surface area contributed by atoms with E-state index in [0.29, 0.717) is 31.5 Å². The van der Waals surface area contributed by atoms with E-state index in [2.05, 4.69) is 27.3 Å². The first kappa shape index (κ1) is 23.2. The molecule has 1 unspecified atom stereocenters. The van der Waals surface area contributed by atoms with Crippen LogP contribution < -0.4 is 5.32 Å². The summed E-state index contributed by atoms with van der Waals surface area (Å²) in [4.78, 5) is 44.7. The van der Waals surface area contributed by atoms with E-state index >= 15 is 4.39 Å². The van der Waals surface area contributed by atoms with Crippen molar-refractivity contribution in [1.29, 1.82) is 0 Å². The van der Waals surface area contributed by atoms with Gasteiger partial charge in [-0.05, 0) is 54.7 Å². The number of nitrogens with one attached hydrogen (secondary N) is 1. The molecule has 3 aliphatic heterocycles. The predicted octanol–water partition coefficient (Wildman–Crippen LogP) is 2.68. The second-order valence-electron chi connectivity index (χ2n) is 9.85. The van der Waals surface area contributed by atoms with Crippen LogP contribution in [0.2, 0.25) is 0 Å². The van der Waals surface area contributed by atoms with E-state index in [1.807, 2.05) is 11.6 Å². The van der Waals surface area contributed by atoms with Crippen LogP contribution in [0.1, 0.15) is 52.7 Å². The first-order chi connectivity index (χ1) is 17.3. The van der Waals surface area contributed by atoms with Gasteiger partial charge in [0.05, 0.1) is 21.3 Å². The van der Waals surface area contributed by atoms with Crippen LogP contribution in [0.5, 0.6) is 0 Å². The van der Waals surface area contributed by atoms with Gasteiger partial charge in [-0.3, -0.25) is 24.6 Å². The van der Waals surface area contributed by atoms with Crippen molar-refractivity contribution in [3.8, 4) is 0 Å². The van der Waals surface area contributed by atoms with E-state index in [0.717, 1.165) is 16.8 Å². The van der Waals surface area contributed by atoms with Gasteiger partial charge in [-0.25, -0.2) is 9.37 Å². The van der Waals surface area contributed by atoms with Crippen molar-refractivity contribution in [2.45, 2.75) is 50.4 Å². The summed E-state index contributed by atoms with van der Waals surface area (Å²) in [5, 5.41) is 13.7. The van der Waals surface area contributed by atoms with Gasteiger partial charge in [0.25, 0.3) is 5.91 Å². The Morgan fingerprint density at radius 3 is 2.75 bits per heavy atom. The molecule has 3 aliphatic rings. The molecule has 4 heterocycles. The Kier molecular flexibility index (Phi) is 5.62. The Bertz CT molecular complexity index is 1400. The minimum absolute atomic E-state index is 0.149. The number of rotatable bonds is 4. The minimum atomic E-state index is -1.33. The molecule has 0 radical (unpaired) electrons. The summed E-state index contributed by atoms with van der Waals surface area (Å²) in [5.41, 5.74) is 3.66. The monoisotopic (exact) mass is 508 g/mol. The zero-order valence-electron chi connectivity index (χ0n) is 19.5. The normalized spacial score (nSPS) is 22.2. The van der Waals surface area contributed by atoms with E-state index < -0.39 is 29.3 Å². The van der Waals surface area contributed by atoms with Crippen LogP contribution in [0.15, 0.2) is 35.8 Å². The van der Waals surface area contributed by atoms with Gasteiger partial charge in [-0.15, -0.1) is 11.3 Å². The van der Waals surface area contributed by atoms with Crippen LogP contribution in [0.3, 0.4) is 0 Å². The molecule has 2 N–H and O–H groups in total. The fourth-order valence-electron chi connectivity index (χ4n) is 5.55. The summed E-state index contributed by atoms with van der Waals surface area (Å²) in [6, 6.07) is 8.23. The Labute approximate surface area is 210 Å². The maximum Gasteiger partial charge on any atom is 0.255 e. The Morgan fingerprint density at radius 2 is 1.97 bits per heavy atom. The highest BCUT2D eigenvalue weighted by Gasteiger charge is 2.42. The lowest BCUT2D eigenvalue weighted by Gasteiger charge is -2.39. The molecule has 186 valence electrons. The molecule has 1 aromatic heterocycles. The molecule has 8 nitrogen and oxygen atoms in total. The van der Waals surface area contributed by atoms with Gasteiger partial charge in [0.2, 0.25) is 11.8 Å². The van der Waals surface area contributed by atoms with E-state index in [1.54, 1.807) is 17.4 Å². The second-order valence-corrected chi connectivity index (χ2v) is 10.7. The molecule has 3 amide bonds. The summed E-state index contributed by atoms with van der Waals surface area (Å²) >= 11 is 1.61. The zero-order valence-corrected chi connectivity index (χ0v) is 20.3. The summed E-state index contributed by atoms with van der Waals surface area (Å²) in [6.07, 6.45) is 1.15. The third-order valence-corrected chi connectivity index (χ3v) is 8.39. The number of benzene rings is 2. The molecule has 0 bridgehead atoms. The summed E-state index contributed by atoms with van der Waals surface area (Å²) in [6.45, 7) is 2.10. The Balaban J connectivity index is 1.17. The van der Waals surface area contributed by atoms with Crippen LogP contribution in [0.4, 0.5) is 4.39 Å². The maximum absolute atomic E-state index is 15.2. The Hall–Kier alpha value is -3.21. The van der Waals surface area contributed by atoms with Crippen molar-refractivity contribution in [3.63, 3.8) is 0 Å². The average molecular weight is 509 g/mol. The number of aromatic nitrogens is 1. The fraction of sp³-hybridized carbons (Fsp3) is 0.385. The molecule has 2 aromatic carbocycles. The van der Waals surface area contributed by atoms with Gasteiger partial charge in [-0.2, -0.15) is 0 Å². The SMILES string of the molecule is O=C1CCC(N2Cc3cc(C4(O)CCN(Cc5ccc6ncsc6c5)CC4)c(F)cc3C2=O)C(=O)N1. The quantitative estimate of drug-likeness (QED) is 0.526. The van der Waals surface area contributed by atoms with Crippen LogP contribution in [-0.4, -0.2) is 56.7 Å². The van der Waals surface area contributed by atoms with Crippen LogP contribution >= 0.6 is 11.3 Å². The number of amides is 3. The average Bonchev–Trinajstić information content (AvgIpc) is 3.44. The number of halogens is 1. The van der Waals surface area contributed by atoms with E-state index in [9.17, 15) is 19.5 Å². The van der Waals surface area contributed by atoms with Gasteiger partial charge in [0, 0.05) is 43.7 Å². The molecule has 2 saturated heterocycles. The molecule has 36 heavy (non-hydrogen) atoms. The molecule has 0 spiro atoms. The molecule has 6 rings (SSSR count). The van der Waals surface area contributed by atoms with Crippen molar-refractivity contribution in [2.24, 2.45) is 0 Å². The van der Waals surface area contributed by atoms with Gasteiger partial charge in [0.1, 0.15) is 11.9 Å². The van der Waals surface area contributed by atoms with E-state index in [4.69, 9.17) is 0 Å². The Morgan fingerprint density at radius 1 is 1.17 bits per heavy atom. The van der Waals surface area contributed by atoms with Gasteiger partial charge < -0.3 is 10.0 Å². The van der Waals surface area contributed by atoms with Crippen LogP contribution in [0.25, 0.3) is 10.2 Å². The topological polar surface area (TPSA) is 103 Å². The third kappa shape index (κ3) is 3.99. The highest BCUT2D eigenvalue weighted by atomic mass is 32.1. The number of hydrogen-bond donors (Lipinski definition) is 2. The number of nitrogens with zero attached hydrogens (tertiary/aromatic N) is 3. The largest absolute Gasteiger partial charge is 0.385 e. The number of fused-ring (bicyclic) bond motifs is 2. The summed E-state index contributed by atoms with van der Waals surface area (Å²) < 4.78 is 16.4. The number of likely N-dealkylation sites (tertiary alicyclic amines) is 1. The van der Waals surface area contributed by atoms with Crippen LogP contribution in [0, 0.1) is 5.82 Å². The summed E-state index contributed by atoms with van der Waals surface area (Å²) in [5.74, 6) is -1.90. The van der Waals surface area contributed by atoms with Gasteiger partial charge >= 0.3 is 0 Å². The second kappa shape index (κ2) is 8.72. The number of hydrogen-bond acceptors (Lipinski definition) is 7. The predicted molar refractivity (Wildman–Crippen MR) is 130 cm³/mol. The molecule has 10 heteroatoms. The first-order valence-electron chi connectivity index (χ1n) is 12.1. The van der Waals surface area contributed by atoms with Crippen LogP contribution in [-0.2, 0) is 28.3 Å². The van der Waals surface area contributed by atoms with Gasteiger partial charge in [-0.1, -0.05) is 6.07 Å². The highest BCUT2D eigenvalue weighted by molar-refractivity contribution is 7.16. The third-order valence-electron chi connectivity index (χ3n) is 7.60. The number of thiazole rings is 1. The van der Waals surface area contributed by atoms with E-state index in [1.165, 1.54) is 16.5 Å². The lowest BCUT2D eigenvalue weighted by atomic mass is 9.82. The fourth-order valence-corrected chi connectivity index (χ4v) is 6.29. The lowest BCUT2D eigenvalue weighted by Crippen LogP contribution is -2.52. The van der Waals surface area contributed by atoms with E-state index in [-0.39, 0.29) is 36.4 Å². The molecule has 0 saturated carbocycles. The zero-order chi connectivity index (χ0) is 25.0. The van der Waals surface area contributed by atoms with Crippen molar-refractivity contribution < 1.29 is 23.9 Å². The number of piperidine rings is 2. The molecule has 1 atom stereocenters. The lowest BCUT2D eigenvalue weighted by molar-refractivity contribution is -0.136. The van der Waals surface area contributed by atoms with Crippen molar-refractivity contribution in [1.82, 2.24) is 20.1 Å². The standard InChI is InChI=1S/C26H25FN4O4S/c27-19-11-17-16(13-31(25(17)34)21-3-4-23(32)29-24(21)33)10-18(19)26(35)5-7-30(8-6-26)12-15-1-2-20-22(9-15)36-14-28-20/h1-2,9-11,14,21,35H,3-8,12-13H2,(H,29,32,33). The maximum atomic E-state index is 15.2. The molecular weight excluding hydrogens is 483 g/mol. The highest BCUT2D eigenvalue weighted by Crippen LogP contribution is 2.38. The number of carbonyl (C=O) groups is 3. The molecular formula is C26H25FN4O4S. The number of carbonyl (C=O) groups excluding carboxylic acids is 3. The van der Waals surface area contributed by atoms with Crippen molar-refractivity contribution in [2.75, 3.05) is 13.1 Å². The van der Waals surface area contributed by atoms with Crippen molar-refractivity contribution in [3.05, 3.63) is 63.9 Å². The summed E-state index contributed by atoms with van der Waals surface area (Å²) in [7, 11) is 0. The number of aliphatic hydroxyl groups is 1. The molecule has 2 fully saturated rings. The van der Waals surface area contributed by atoms with Crippen molar-refractivity contribution >= 4 is 39.3 Å². The minimum Gasteiger partial charge on any atom is -0.385 e.